The molecule has 0 saturated heterocycles. The number of benzene rings is 11. The van der Waals surface area contributed by atoms with Crippen molar-refractivity contribution >= 4 is 54.7 Å². The van der Waals surface area contributed by atoms with Gasteiger partial charge in [-0.25, -0.2) is 0 Å². The van der Waals surface area contributed by atoms with Crippen LogP contribution in [-0.4, -0.2) is 0 Å². The first-order valence-electron chi connectivity index (χ1n) is 21.9. The Labute approximate surface area is 361 Å². The molecule has 0 heterocycles. The monoisotopic (exact) mass is 784 g/mol. The molecule has 0 unspecified atom stereocenters. The maximum atomic E-state index is 2.43. The van der Waals surface area contributed by atoms with Gasteiger partial charge in [0.15, 0.2) is 0 Å². The van der Waals surface area contributed by atoms with E-state index in [-0.39, 0.29) is 0 Å². The largest absolute Gasteiger partial charge is 0.0795 e. The molecule has 0 fully saturated rings. The van der Waals surface area contributed by atoms with Crippen LogP contribution >= 0.6 is 0 Å². The first kappa shape index (κ1) is 35.0. The van der Waals surface area contributed by atoms with Crippen LogP contribution < -0.4 is 0 Å². The quantitative estimate of drug-likeness (QED) is 0.147. The Hall–Kier alpha value is -7.80. The molecule has 0 bridgehead atoms. The summed E-state index contributed by atoms with van der Waals surface area (Å²) in [4.78, 5) is 0. The zero-order valence-corrected chi connectivity index (χ0v) is 34.2. The average molecular weight is 785 g/mol. The Morgan fingerprint density at radius 1 is 0.306 bits per heavy atom. The zero-order chi connectivity index (χ0) is 40.7. The van der Waals surface area contributed by atoms with Gasteiger partial charge in [-0.2, -0.15) is 0 Å². The SMILES string of the molecule is C1=Cc2ccc3c(-c4cccc(-c5ccccc5-c5ccccc5-c5ccccc5-c5cccc(-c6ccc7ccc8cccc9ccc6c7c89)c5)c4)ccc4c3c2C(=CC4)C1. The van der Waals surface area contributed by atoms with E-state index in [0.29, 0.717) is 0 Å². The van der Waals surface area contributed by atoms with E-state index in [0.717, 1.165) is 12.8 Å². The maximum Gasteiger partial charge on any atom is -0.00206 e. The van der Waals surface area contributed by atoms with Gasteiger partial charge in [0.05, 0.1) is 0 Å². The second-order valence-electron chi connectivity index (χ2n) is 17.0. The Bertz CT molecular complexity index is 3670. The minimum absolute atomic E-state index is 0.999. The van der Waals surface area contributed by atoms with Crippen molar-refractivity contribution in [1.29, 1.82) is 0 Å². The van der Waals surface area contributed by atoms with E-state index in [1.807, 2.05) is 0 Å². The molecular formula is C62H40. The van der Waals surface area contributed by atoms with Crippen molar-refractivity contribution in [3.05, 3.63) is 229 Å². The van der Waals surface area contributed by atoms with E-state index >= 15 is 0 Å². The first-order valence-corrected chi connectivity index (χ1v) is 21.9. The third-order valence-electron chi connectivity index (χ3n) is 13.7. The van der Waals surface area contributed by atoms with Crippen molar-refractivity contribution in [1.82, 2.24) is 0 Å². The Kier molecular flexibility index (Phi) is 7.84. The summed E-state index contributed by atoms with van der Waals surface area (Å²) in [6.07, 6.45) is 9.05. The predicted molar refractivity (Wildman–Crippen MR) is 266 cm³/mol. The molecule has 0 aromatic heterocycles. The van der Waals surface area contributed by atoms with E-state index in [1.165, 1.54) is 132 Å². The van der Waals surface area contributed by atoms with Crippen molar-refractivity contribution in [3.8, 4) is 66.8 Å². The smallest absolute Gasteiger partial charge is 0.00206 e. The molecule has 11 aromatic carbocycles. The lowest BCUT2D eigenvalue weighted by molar-refractivity contribution is 1.23. The van der Waals surface area contributed by atoms with Gasteiger partial charge in [-0.05, 0) is 157 Å². The van der Waals surface area contributed by atoms with Crippen LogP contribution in [0, 0.1) is 0 Å². The molecule has 0 nitrogen and oxygen atoms in total. The summed E-state index contributed by atoms with van der Waals surface area (Å²) in [7, 11) is 0. The number of rotatable bonds is 6. The van der Waals surface area contributed by atoms with Gasteiger partial charge in [0, 0.05) is 0 Å². The third-order valence-corrected chi connectivity index (χ3v) is 13.7. The minimum atomic E-state index is 0.999. The van der Waals surface area contributed by atoms with Crippen molar-refractivity contribution in [2.24, 2.45) is 0 Å². The van der Waals surface area contributed by atoms with Gasteiger partial charge in [-0.3, -0.25) is 0 Å². The van der Waals surface area contributed by atoms with Crippen LogP contribution in [0.1, 0.15) is 23.1 Å². The number of hydrogen-bond donors (Lipinski definition) is 0. The van der Waals surface area contributed by atoms with Crippen LogP contribution in [0.25, 0.3) is 122 Å². The molecule has 0 radical (unpaired) electrons. The molecular weight excluding hydrogens is 745 g/mol. The fourth-order valence-electron chi connectivity index (χ4n) is 10.9. The summed E-state index contributed by atoms with van der Waals surface area (Å²) in [6, 6.07) is 74.9. The summed E-state index contributed by atoms with van der Waals surface area (Å²) >= 11 is 0. The van der Waals surface area contributed by atoms with Crippen molar-refractivity contribution in [2.75, 3.05) is 0 Å². The van der Waals surface area contributed by atoms with Gasteiger partial charge < -0.3 is 0 Å². The van der Waals surface area contributed by atoms with Gasteiger partial charge in [0.1, 0.15) is 0 Å². The molecule has 288 valence electrons. The molecule has 0 atom stereocenters. The van der Waals surface area contributed by atoms with Gasteiger partial charge in [0.2, 0.25) is 0 Å². The minimum Gasteiger partial charge on any atom is -0.0795 e. The van der Waals surface area contributed by atoms with Crippen LogP contribution in [0.4, 0.5) is 0 Å². The van der Waals surface area contributed by atoms with E-state index in [9.17, 15) is 0 Å². The predicted octanol–water partition coefficient (Wildman–Crippen LogP) is 17.1. The topological polar surface area (TPSA) is 0 Å². The lowest BCUT2D eigenvalue weighted by Crippen LogP contribution is -2.03. The van der Waals surface area contributed by atoms with E-state index < -0.39 is 0 Å². The summed E-state index contributed by atoms with van der Waals surface area (Å²) in [6.45, 7) is 0. The molecule has 0 aliphatic heterocycles. The van der Waals surface area contributed by atoms with E-state index in [2.05, 4.69) is 218 Å². The van der Waals surface area contributed by atoms with Crippen LogP contribution in [0.15, 0.2) is 212 Å². The van der Waals surface area contributed by atoms with Crippen molar-refractivity contribution < 1.29 is 0 Å². The van der Waals surface area contributed by atoms with Gasteiger partial charge >= 0.3 is 0 Å². The fraction of sp³-hybridized carbons (Fsp3) is 0.0323. The summed E-state index contributed by atoms with van der Waals surface area (Å²) in [5, 5.41) is 10.6. The lowest BCUT2D eigenvalue weighted by Gasteiger charge is -2.24. The molecule has 62 heavy (non-hydrogen) atoms. The normalized spacial score (nSPS) is 13.1. The lowest BCUT2D eigenvalue weighted by atomic mass is 9.79. The van der Waals surface area contributed by atoms with Crippen LogP contribution in [0.5, 0.6) is 0 Å². The second kappa shape index (κ2) is 13.9. The Morgan fingerprint density at radius 3 is 1.40 bits per heavy atom. The van der Waals surface area contributed by atoms with Crippen molar-refractivity contribution in [3.63, 3.8) is 0 Å². The van der Waals surface area contributed by atoms with Gasteiger partial charge in [0.25, 0.3) is 0 Å². The number of hydrogen-bond acceptors (Lipinski definition) is 0. The highest BCUT2D eigenvalue weighted by atomic mass is 14.3. The highest BCUT2D eigenvalue weighted by Gasteiger charge is 2.22. The van der Waals surface area contributed by atoms with E-state index in [1.54, 1.807) is 0 Å². The maximum absolute atomic E-state index is 2.43. The van der Waals surface area contributed by atoms with Crippen LogP contribution in [-0.2, 0) is 6.42 Å². The van der Waals surface area contributed by atoms with Crippen LogP contribution in [0.3, 0.4) is 0 Å². The molecule has 2 aliphatic rings. The Morgan fingerprint density at radius 2 is 0.774 bits per heavy atom. The highest BCUT2D eigenvalue weighted by Crippen LogP contribution is 2.46. The summed E-state index contributed by atoms with van der Waals surface area (Å²) in [5.41, 5.74) is 20.5. The fourth-order valence-corrected chi connectivity index (χ4v) is 10.9. The van der Waals surface area contributed by atoms with Crippen LogP contribution in [0.2, 0.25) is 0 Å². The molecule has 0 spiro atoms. The summed E-state index contributed by atoms with van der Waals surface area (Å²) in [5.74, 6) is 0. The molecule has 0 amide bonds. The molecule has 0 saturated carbocycles. The standard InChI is InChI=1S/C62H40/c1-3-21-53(49(19-1)45-15-9-17-47(37-45)51-33-29-43-27-25-39-11-7-13-41-31-35-57(51)61(43)59(39)41)55-23-5-6-24-56(55)54-22-4-2-20-50(54)46-16-10-18-48(38-46)52-34-30-44-28-26-40-12-8-14-42-32-36-58(52)62(44)60(40)42/h1-11,13-27,29-38H,12,28H2. The Balaban J connectivity index is 0.914. The second-order valence-corrected chi connectivity index (χ2v) is 17.0. The van der Waals surface area contributed by atoms with Gasteiger partial charge in [-0.1, -0.05) is 206 Å². The molecule has 11 aromatic rings. The van der Waals surface area contributed by atoms with E-state index in [4.69, 9.17) is 0 Å². The molecule has 0 heteroatoms. The third kappa shape index (κ3) is 5.40. The number of allylic oxidation sites excluding steroid dienone is 3. The summed E-state index contributed by atoms with van der Waals surface area (Å²) < 4.78 is 0. The first-order chi connectivity index (χ1) is 30.7. The molecule has 13 rings (SSSR count). The zero-order valence-electron chi connectivity index (χ0n) is 34.2. The molecule has 2 aliphatic carbocycles. The van der Waals surface area contributed by atoms with Gasteiger partial charge in [-0.15, -0.1) is 0 Å². The highest BCUT2D eigenvalue weighted by molar-refractivity contribution is 6.25. The average Bonchev–Trinajstić information content (AvgIpc) is 3.35. The van der Waals surface area contributed by atoms with Crippen molar-refractivity contribution in [2.45, 2.75) is 12.8 Å². The molecule has 0 N–H and O–H groups in total.